The van der Waals surface area contributed by atoms with Gasteiger partial charge in [0.1, 0.15) is 0 Å². The zero-order valence-electron chi connectivity index (χ0n) is 11.3. The van der Waals surface area contributed by atoms with E-state index in [1.165, 1.54) is 23.5 Å². The van der Waals surface area contributed by atoms with Crippen LogP contribution in [0.4, 0.5) is 5.69 Å². The van der Waals surface area contributed by atoms with Gasteiger partial charge in [0.15, 0.2) is 0 Å². The van der Waals surface area contributed by atoms with Gasteiger partial charge in [-0.25, -0.2) is 4.79 Å². The van der Waals surface area contributed by atoms with Crippen molar-refractivity contribution in [3.8, 4) is 0 Å². The van der Waals surface area contributed by atoms with Crippen LogP contribution in [0.3, 0.4) is 0 Å². The van der Waals surface area contributed by atoms with Crippen LogP contribution in [0.1, 0.15) is 30.1 Å². The summed E-state index contributed by atoms with van der Waals surface area (Å²) >= 11 is 3.19. The fourth-order valence-electron chi connectivity index (χ4n) is 1.51. The van der Waals surface area contributed by atoms with Crippen LogP contribution >= 0.6 is 15.9 Å². The normalized spacial score (nSPS) is 11.6. The number of carboxylic acids is 1. The Labute approximate surface area is 127 Å². The highest BCUT2D eigenvalue weighted by atomic mass is 79.9. The Hall–Kier alpha value is -1.12. The minimum absolute atomic E-state index is 0.0372. The molecule has 0 saturated carbocycles. The number of nitrogens with one attached hydrogen (secondary N) is 1. The summed E-state index contributed by atoms with van der Waals surface area (Å²) < 4.78 is 28.3. The molecule has 20 heavy (non-hydrogen) atoms. The predicted octanol–water partition coefficient (Wildman–Crippen LogP) is 2.54. The highest BCUT2D eigenvalue weighted by Gasteiger charge is 2.20. The van der Waals surface area contributed by atoms with Crippen LogP contribution in [0.5, 0.6) is 0 Å². The van der Waals surface area contributed by atoms with E-state index in [9.17, 15) is 13.2 Å². The van der Waals surface area contributed by atoms with Crippen molar-refractivity contribution >= 4 is 37.8 Å². The van der Waals surface area contributed by atoms with E-state index in [1.807, 2.05) is 6.92 Å². The minimum atomic E-state index is -3.76. The van der Waals surface area contributed by atoms with Crippen molar-refractivity contribution in [2.45, 2.75) is 19.8 Å². The van der Waals surface area contributed by atoms with E-state index in [1.54, 1.807) is 6.07 Å². The van der Waals surface area contributed by atoms with Gasteiger partial charge in [0.05, 0.1) is 11.3 Å². The number of hydrogen-bond donors (Lipinski definition) is 2. The summed E-state index contributed by atoms with van der Waals surface area (Å²) in [6.07, 6.45) is 1.61. The van der Waals surface area contributed by atoms with Gasteiger partial charge in [-0.2, -0.15) is 12.7 Å². The lowest BCUT2D eigenvalue weighted by Gasteiger charge is -2.19. The highest BCUT2D eigenvalue weighted by Crippen LogP contribution is 2.23. The van der Waals surface area contributed by atoms with Crippen molar-refractivity contribution in [1.82, 2.24) is 4.31 Å². The molecule has 1 rings (SSSR count). The second kappa shape index (κ2) is 7.05. The topological polar surface area (TPSA) is 86.7 Å². The van der Waals surface area contributed by atoms with E-state index in [2.05, 4.69) is 20.7 Å². The van der Waals surface area contributed by atoms with Gasteiger partial charge in [-0.05, 0) is 24.6 Å². The lowest BCUT2D eigenvalue weighted by molar-refractivity contribution is 0.0698. The van der Waals surface area contributed by atoms with Crippen LogP contribution in [0.25, 0.3) is 0 Å². The molecule has 0 saturated heterocycles. The molecule has 0 unspecified atom stereocenters. The average Bonchev–Trinajstić information content (AvgIpc) is 2.34. The first kappa shape index (κ1) is 16.9. The first-order chi connectivity index (χ1) is 9.27. The molecule has 0 aliphatic heterocycles. The van der Waals surface area contributed by atoms with E-state index in [-0.39, 0.29) is 11.3 Å². The van der Waals surface area contributed by atoms with Gasteiger partial charge in [-0.1, -0.05) is 29.3 Å². The van der Waals surface area contributed by atoms with Gasteiger partial charge in [-0.15, -0.1) is 0 Å². The Kier molecular flexibility index (Phi) is 5.97. The summed E-state index contributed by atoms with van der Waals surface area (Å²) in [5, 5.41) is 9.07. The Balaban J connectivity index is 3.02. The molecule has 0 heterocycles. The van der Waals surface area contributed by atoms with E-state index in [0.29, 0.717) is 11.0 Å². The zero-order chi connectivity index (χ0) is 15.3. The Morgan fingerprint density at radius 2 is 2.10 bits per heavy atom. The van der Waals surface area contributed by atoms with Crippen molar-refractivity contribution in [3.05, 3.63) is 28.2 Å². The van der Waals surface area contributed by atoms with E-state index >= 15 is 0 Å². The van der Waals surface area contributed by atoms with E-state index in [4.69, 9.17) is 5.11 Å². The maximum atomic E-state index is 12.1. The quantitative estimate of drug-likeness (QED) is 0.778. The molecule has 0 aliphatic rings. The van der Waals surface area contributed by atoms with Crippen molar-refractivity contribution in [2.24, 2.45) is 0 Å². The second-order valence-corrected chi connectivity index (χ2v) is 6.97. The second-order valence-electron chi connectivity index (χ2n) is 4.28. The number of halogens is 1. The van der Waals surface area contributed by atoms with Crippen LogP contribution in [-0.2, 0) is 10.2 Å². The fraction of sp³-hybridized carbons (Fsp3) is 0.417. The minimum Gasteiger partial charge on any atom is -0.478 e. The molecular formula is C12H17BrN2O4S. The van der Waals surface area contributed by atoms with Crippen LogP contribution in [0.2, 0.25) is 0 Å². The fourth-order valence-corrected chi connectivity index (χ4v) is 2.84. The number of aromatic carboxylic acids is 1. The number of anilines is 1. The van der Waals surface area contributed by atoms with Gasteiger partial charge in [0, 0.05) is 18.1 Å². The smallest absolute Gasteiger partial charge is 0.337 e. The lowest BCUT2D eigenvalue weighted by Crippen LogP contribution is -2.33. The van der Waals surface area contributed by atoms with Crippen LogP contribution in [0.15, 0.2) is 22.7 Å². The number of nitrogens with zero attached hydrogens (tertiary/aromatic N) is 1. The predicted molar refractivity (Wildman–Crippen MR) is 81.2 cm³/mol. The molecule has 1 aromatic carbocycles. The number of carbonyl (C=O) groups is 1. The molecule has 0 aromatic heterocycles. The van der Waals surface area contributed by atoms with E-state index < -0.39 is 16.2 Å². The third-order valence-corrected chi connectivity index (χ3v) is 4.66. The summed E-state index contributed by atoms with van der Waals surface area (Å²) in [6.45, 7) is 2.34. The summed E-state index contributed by atoms with van der Waals surface area (Å²) in [5.74, 6) is -1.19. The SMILES string of the molecule is CCCCN(C)S(=O)(=O)Nc1cc(Br)ccc1C(=O)O. The molecule has 0 atom stereocenters. The molecule has 2 N–H and O–H groups in total. The Morgan fingerprint density at radius 3 is 2.65 bits per heavy atom. The standard InChI is InChI=1S/C12H17BrN2O4S/c1-3-4-7-15(2)20(18,19)14-11-8-9(13)5-6-10(11)12(16)17/h5-6,8,14H,3-4,7H2,1-2H3,(H,16,17). The third-order valence-electron chi connectivity index (χ3n) is 2.69. The van der Waals surface area contributed by atoms with E-state index in [0.717, 1.165) is 12.8 Å². The molecule has 0 amide bonds. The maximum absolute atomic E-state index is 12.1. The number of benzene rings is 1. The summed E-state index contributed by atoms with van der Waals surface area (Å²) in [4.78, 5) is 11.1. The molecule has 0 radical (unpaired) electrons. The van der Waals surface area contributed by atoms with Gasteiger partial charge in [0.25, 0.3) is 0 Å². The molecular weight excluding hydrogens is 348 g/mol. The first-order valence-electron chi connectivity index (χ1n) is 6.05. The van der Waals surface area contributed by atoms with Crippen LogP contribution in [0, 0.1) is 0 Å². The van der Waals surface area contributed by atoms with Crippen LogP contribution < -0.4 is 4.72 Å². The van der Waals surface area contributed by atoms with Crippen molar-refractivity contribution in [2.75, 3.05) is 18.3 Å². The Morgan fingerprint density at radius 1 is 1.45 bits per heavy atom. The highest BCUT2D eigenvalue weighted by molar-refractivity contribution is 9.10. The third kappa shape index (κ3) is 4.46. The van der Waals surface area contributed by atoms with Crippen molar-refractivity contribution in [1.29, 1.82) is 0 Å². The van der Waals surface area contributed by atoms with Gasteiger partial charge in [0.2, 0.25) is 0 Å². The summed E-state index contributed by atoms with van der Waals surface area (Å²) in [5.41, 5.74) is -0.0594. The average molecular weight is 365 g/mol. The van der Waals surface area contributed by atoms with Gasteiger partial charge in [-0.3, -0.25) is 4.72 Å². The zero-order valence-corrected chi connectivity index (χ0v) is 13.7. The molecule has 8 heteroatoms. The number of rotatable bonds is 7. The van der Waals surface area contributed by atoms with Crippen LogP contribution in [-0.4, -0.2) is 37.4 Å². The maximum Gasteiger partial charge on any atom is 0.337 e. The molecule has 0 aliphatic carbocycles. The number of carboxylic acid groups (broad SMARTS) is 1. The molecule has 0 bridgehead atoms. The molecule has 0 fully saturated rings. The van der Waals surface area contributed by atoms with Crippen molar-refractivity contribution < 1.29 is 18.3 Å². The molecule has 112 valence electrons. The molecule has 6 nitrogen and oxygen atoms in total. The number of unbranched alkanes of at least 4 members (excludes halogenated alkanes) is 1. The summed E-state index contributed by atoms with van der Waals surface area (Å²) in [7, 11) is -2.30. The number of hydrogen-bond acceptors (Lipinski definition) is 3. The van der Waals surface area contributed by atoms with Gasteiger partial charge >= 0.3 is 16.2 Å². The largest absolute Gasteiger partial charge is 0.478 e. The lowest BCUT2D eigenvalue weighted by atomic mass is 10.2. The molecule has 1 aromatic rings. The Bertz CT molecular complexity index is 589. The molecule has 0 spiro atoms. The van der Waals surface area contributed by atoms with Crippen molar-refractivity contribution in [3.63, 3.8) is 0 Å². The first-order valence-corrected chi connectivity index (χ1v) is 8.28. The monoisotopic (exact) mass is 364 g/mol. The summed E-state index contributed by atoms with van der Waals surface area (Å²) in [6, 6.07) is 4.31. The van der Waals surface area contributed by atoms with Gasteiger partial charge < -0.3 is 5.11 Å².